The minimum absolute atomic E-state index is 0.0382. The Balaban J connectivity index is 2.30. The first-order valence-electron chi connectivity index (χ1n) is 11.9. The van der Waals surface area contributed by atoms with E-state index in [4.69, 9.17) is 18.9 Å². The van der Waals surface area contributed by atoms with Crippen molar-refractivity contribution in [2.45, 2.75) is 57.7 Å². The molecule has 2 amide bonds. The van der Waals surface area contributed by atoms with E-state index in [-0.39, 0.29) is 12.5 Å². The Labute approximate surface area is 207 Å². The second-order valence-electron chi connectivity index (χ2n) is 8.76. The number of carbonyl (C=O) groups excluding carboxylic acids is 3. The van der Waals surface area contributed by atoms with E-state index in [2.05, 4.69) is 15.6 Å². The Hall–Kier alpha value is -3.08. The van der Waals surface area contributed by atoms with E-state index in [1.165, 1.54) is 21.6 Å². The van der Waals surface area contributed by atoms with Crippen LogP contribution in [-0.2, 0) is 34.9 Å². The number of hydrogen-bond acceptors (Lipinski definition) is 8. The SMILES string of the molecule is BOC=N[C@H]1Cc2ccc(cc2)OCCCCOC[C@@H](C(=O)OC)NC(=O)[C@H](CC(C)C)NC1=O. The smallest absolute Gasteiger partial charge is 0.330 e. The van der Waals surface area contributed by atoms with Gasteiger partial charge in [-0.25, -0.2) is 9.79 Å². The van der Waals surface area contributed by atoms with Crippen molar-refractivity contribution in [3.63, 3.8) is 0 Å². The molecule has 3 atom stereocenters. The molecule has 0 aromatic heterocycles. The lowest BCUT2D eigenvalue weighted by Gasteiger charge is -2.24. The van der Waals surface area contributed by atoms with Gasteiger partial charge in [0, 0.05) is 13.0 Å². The lowest BCUT2D eigenvalue weighted by molar-refractivity contribution is -0.147. The number of methoxy groups -OCH3 is 1. The number of nitrogens with zero attached hydrogens (tertiary/aromatic N) is 1. The van der Waals surface area contributed by atoms with Crippen LogP contribution in [0.4, 0.5) is 0 Å². The zero-order valence-electron chi connectivity index (χ0n) is 21.0. The van der Waals surface area contributed by atoms with E-state index in [0.29, 0.717) is 26.1 Å². The molecule has 11 heteroatoms. The molecule has 2 aliphatic heterocycles. The molecule has 2 heterocycles. The van der Waals surface area contributed by atoms with Crippen molar-refractivity contribution < 1.29 is 33.2 Å². The molecule has 1 aromatic carbocycles. The number of fused-ring (bicyclic) bond motifs is 16. The zero-order valence-corrected chi connectivity index (χ0v) is 21.0. The minimum Gasteiger partial charge on any atom is -0.560 e. The summed E-state index contributed by atoms with van der Waals surface area (Å²) in [5.41, 5.74) is 0.882. The molecule has 0 saturated heterocycles. The lowest BCUT2D eigenvalue weighted by Crippen LogP contribution is -2.55. The van der Waals surface area contributed by atoms with Crippen LogP contribution in [0.3, 0.4) is 0 Å². The topological polar surface area (TPSA) is 125 Å². The number of benzene rings is 1. The summed E-state index contributed by atoms with van der Waals surface area (Å²) in [6.45, 7) is 4.76. The molecule has 10 nitrogen and oxygen atoms in total. The number of aliphatic imine (C=N–C) groups is 1. The van der Waals surface area contributed by atoms with Crippen LogP contribution in [0.2, 0.25) is 0 Å². The fourth-order valence-corrected chi connectivity index (χ4v) is 3.54. The molecular formula is C24H36BN3O7. The molecule has 35 heavy (non-hydrogen) atoms. The maximum absolute atomic E-state index is 13.2. The monoisotopic (exact) mass is 489 g/mol. The number of carbonyl (C=O) groups is 3. The van der Waals surface area contributed by atoms with Crippen LogP contribution in [0.1, 0.15) is 38.7 Å². The van der Waals surface area contributed by atoms with E-state index in [0.717, 1.165) is 24.2 Å². The van der Waals surface area contributed by atoms with Gasteiger partial charge in [0.25, 0.3) is 0 Å². The summed E-state index contributed by atoms with van der Waals surface area (Å²) in [7, 11) is 2.69. The van der Waals surface area contributed by atoms with Gasteiger partial charge in [0.15, 0.2) is 12.4 Å². The van der Waals surface area contributed by atoms with E-state index < -0.39 is 35.9 Å². The molecule has 192 valence electrons. The van der Waals surface area contributed by atoms with Gasteiger partial charge >= 0.3 is 14.0 Å². The van der Waals surface area contributed by atoms with Crippen molar-refractivity contribution in [3.8, 4) is 5.75 Å². The standard InChI is InChI=1S/C24H36BN3O7/c1-16(2)12-20-23(30)28-21(24(31)32-3)14-33-10-4-5-11-34-18-8-6-17(7-9-18)13-19(22(29)27-20)26-15-35-25/h6-9,15-16,19-21H,4-5,10-14,25H2,1-3H3,(H,27,29)(H,28,30)/t19-,20-,21-/m0/s1. The average Bonchev–Trinajstić information content (AvgIpc) is 2.84. The van der Waals surface area contributed by atoms with Gasteiger partial charge in [-0.2, -0.15) is 0 Å². The summed E-state index contributed by atoms with van der Waals surface area (Å²) >= 11 is 0. The Morgan fingerprint density at radius 2 is 1.89 bits per heavy atom. The first kappa shape index (κ1) is 28.2. The molecular weight excluding hydrogens is 453 g/mol. The van der Waals surface area contributed by atoms with Crippen molar-refractivity contribution >= 4 is 32.2 Å². The molecule has 0 aliphatic carbocycles. The van der Waals surface area contributed by atoms with Crippen LogP contribution in [0.5, 0.6) is 5.75 Å². The quantitative estimate of drug-likeness (QED) is 0.204. The normalized spacial score (nSPS) is 22.9. The Morgan fingerprint density at radius 1 is 1.17 bits per heavy atom. The maximum Gasteiger partial charge on any atom is 0.330 e. The molecule has 2 bridgehead atoms. The van der Waals surface area contributed by atoms with Gasteiger partial charge in [0.1, 0.15) is 17.8 Å². The van der Waals surface area contributed by atoms with Gasteiger partial charge in [0.05, 0.1) is 20.3 Å². The summed E-state index contributed by atoms with van der Waals surface area (Å²) in [5.74, 6) is -0.703. The molecule has 0 unspecified atom stereocenters. The average molecular weight is 489 g/mol. The highest BCUT2D eigenvalue weighted by atomic mass is 16.5. The van der Waals surface area contributed by atoms with Crippen LogP contribution >= 0.6 is 0 Å². The fraction of sp³-hybridized carbons (Fsp3) is 0.583. The van der Waals surface area contributed by atoms with Crippen molar-refractivity contribution in [1.82, 2.24) is 10.6 Å². The molecule has 0 fully saturated rings. The number of ether oxygens (including phenoxy) is 3. The maximum atomic E-state index is 13.2. The van der Waals surface area contributed by atoms with Crippen LogP contribution in [0.25, 0.3) is 0 Å². The van der Waals surface area contributed by atoms with E-state index in [1.54, 1.807) is 0 Å². The number of amides is 2. The van der Waals surface area contributed by atoms with Crippen molar-refractivity contribution in [1.29, 1.82) is 0 Å². The van der Waals surface area contributed by atoms with Crippen LogP contribution in [0.15, 0.2) is 29.3 Å². The van der Waals surface area contributed by atoms with Gasteiger partial charge in [-0.1, -0.05) is 26.0 Å². The van der Waals surface area contributed by atoms with E-state index in [1.807, 2.05) is 38.1 Å². The summed E-state index contributed by atoms with van der Waals surface area (Å²) < 4.78 is 21.1. The fourth-order valence-electron chi connectivity index (χ4n) is 3.54. The second-order valence-corrected chi connectivity index (χ2v) is 8.76. The van der Waals surface area contributed by atoms with Crippen molar-refractivity contribution in [3.05, 3.63) is 29.8 Å². The predicted octanol–water partition coefficient (Wildman–Crippen LogP) is 0.569. The number of rotatable bonds is 5. The third kappa shape index (κ3) is 9.98. The largest absolute Gasteiger partial charge is 0.560 e. The molecule has 2 aliphatic rings. The number of esters is 1. The molecule has 0 radical (unpaired) electrons. The first-order valence-corrected chi connectivity index (χ1v) is 11.9. The van der Waals surface area contributed by atoms with Gasteiger partial charge < -0.3 is 29.5 Å². The molecule has 3 rings (SSSR count). The molecule has 0 spiro atoms. The van der Waals surface area contributed by atoms with E-state index in [9.17, 15) is 14.4 Å². The van der Waals surface area contributed by atoms with Crippen molar-refractivity contribution in [2.75, 3.05) is 26.9 Å². The zero-order chi connectivity index (χ0) is 25.6. The van der Waals surface area contributed by atoms with Crippen LogP contribution < -0.4 is 15.4 Å². The summed E-state index contributed by atoms with van der Waals surface area (Å²) in [6, 6.07) is 4.80. The number of nitrogens with one attached hydrogen (secondary N) is 2. The van der Waals surface area contributed by atoms with E-state index >= 15 is 0 Å². The Morgan fingerprint density at radius 3 is 2.54 bits per heavy atom. The molecule has 2 N–H and O–H groups in total. The highest BCUT2D eigenvalue weighted by Crippen LogP contribution is 2.16. The molecule has 1 aromatic rings. The van der Waals surface area contributed by atoms with Gasteiger partial charge in [-0.05, 0) is 42.9 Å². The Kier molecular flexibility index (Phi) is 12.1. The van der Waals surface area contributed by atoms with Gasteiger partial charge in [0.2, 0.25) is 11.8 Å². The summed E-state index contributed by atoms with van der Waals surface area (Å²) in [4.78, 5) is 42.8. The predicted molar refractivity (Wildman–Crippen MR) is 133 cm³/mol. The second kappa shape index (κ2) is 15.0. The molecule has 0 saturated carbocycles. The first-order chi connectivity index (χ1) is 16.8. The summed E-state index contributed by atoms with van der Waals surface area (Å²) in [6.07, 6.45) is 3.38. The minimum atomic E-state index is -0.991. The van der Waals surface area contributed by atoms with Gasteiger partial charge in [-0.15, -0.1) is 0 Å². The van der Waals surface area contributed by atoms with Crippen molar-refractivity contribution in [2.24, 2.45) is 10.9 Å². The van der Waals surface area contributed by atoms with Crippen LogP contribution in [0, 0.1) is 5.92 Å². The third-order valence-corrected chi connectivity index (χ3v) is 5.38. The highest BCUT2D eigenvalue weighted by molar-refractivity contribution is 6.02. The van der Waals surface area contributed by atoms with Crippen LogP contribution in [-0.4, -0.2) is 77.3 Å². The Bertz CT molecular complexity index is 848. The third-order valence-electron chi connectivity index (χ3n) is 5.38. The van der Waals surface area contributed by atoms with Gasteiger partial charge in [-0.3, -0.25) is 9.59 Å². The number of hydrogen-bond donors (Lipinski definition) is 2. The summed E-state index contributed by atoms with van der Waals surface area (Å²) in [5, 5.41) is 5.47. The lowest BCUT2D eigenvalue weighted by atomic mass is 10.0. The highest BCUT2D eigenvalue weighted by Gasteiger charge is 2.30.